The highest BCUT2D eigenvalue weighted by Crippen LogP contribution is 2.33. The fourth-order valence-electron chi connectivity index (χ4n) is 2.46. The molecule has 1 aliphatic rings. The van der Waals surface area contributed by atoms with E-state index in [4.69, 9.17) is 5.26 Å². The quantitative estimate of drug-likeness (QED) is 0.926. The van der Waals surface area contributed by atoms with Crippen molar-refractivity contribution in [3.05, 3.63) is 29.3 Å². The van der Waals surface area contributed by atoms with Crippen LogP contribution in [0.5, 0.6) is 0 Å². The second kappa shape index (κ2) is 5.71. The van der Waals surface area contributed by atoms with E-state index >= 15 is 0 Å². The van der Waals surface area contributed by atoms with Gasteiger partial charge >= 0.3 is 6.18 Å². The third-order valence-corrected chi connectivity index (χ3v) is 3.66. The summed E-state index contributed by atoms with van der Waals surface area (Å²) >= 11 is 0. The Morgan fingerprint density at radius 3 is 2.75 bits per heavy atom. The molecule has 0 spiro atoms. The predicted octanol–water partition coefficient (Wildman–Crippen LogP) is 3.08. The molecule has 0 amide bonds. The maximum atomic E-state index is 12.8. The van der Waals surface area contributed by atoms with Gasteiger partial charge in [-0.15, -0.1) is 0 Å². The summed E-state index contributed by atoms with van der Waals surface area (Å²) in [5.74, 6) is 0. The lowest BCUT2D eigenvalue weighted by Crippen LogP contribution is -2.31. The topological polar surface area (TPSA) is 39.1 Å². The minimum absolute atomic E-state index is 0.346. The summed E-state index contributed by atoms with van der Waals surface area (Å²) in [5, 5.41) is 11.8. The van der Waals surface area contributed by atoms with E-state index in [9.17, 15) is 13.2 Å². The van der Waals surface area contributed by atoms with E-state index in [0.29, 0.717) is 18.3 Å². The van der Waals surface area contributed by atoms with Crippen molar-refractivity contribution in [3.8, 4) is 6.07 Å². The Bertz CT molecular complexity index is 519. The summed E-state index contributed by atoms with van der Waals surface area (Å²) in [6, 6.07) is 5.66. The number of hydrogen-bond donors (Lipinski definition) is 1. The SMILES string of the molecule is CN1CCCC1CNc1ccc(C#N)c(C(F)(F)F)c1. The first-order valence-corrected chi connectivity index (χ1v) is 6.47. The molecule has 0 aliphatic carbocycles. The minimum atomic E-state index is -4.51. The summed E-state index contributed by atoms with van der Waals surface area (Å²) in [4.78, 5) is 2.20. The molecule has 1 saturated heterocycles. The first-order chi connectivity index (χ1) is 9.41. The molecule has 0 radical (unpaired) electrons. The summed E-state index contributed by atoms with van der Waals surface area (Å²) in [6.45, 7) is 1.63. The Balaban J connectivity index is 2.11. The van der Waals surface area contributed by atoms with Crippen LogP contribution in [0.15, 0.2) is 18.2 Å². The first kappa shape index (κ1) is 14.7. The van der Waals surface area contributed by atoms with Crippen molar-refractivity contribution in [2.75, 3.05) is 25.5 Å². The Morgan fingerprint density at radius 2 is 2.20 bits per heavy atom. The Kier molecular flexibility index (Phi) is 4.19. The van der Waals surface area contributed by atoms with E-state index in [1.165, 1.54) is 12.1 Å². The molecule has 1 unspecified atom stereocenters. The zero-order valence-electron chi connectivity index (χ0n) is 11.2. The highest BCUT2D eigenvalue weighted by molar-refractivity contribution is 5.53. The number of alkyl halides is 3. The number of nitriles is 1. The molecule has 0 saturated carbocycles. The molecule has 1 aromatic carbocycles. The van der Waals surface area contributed by atoms with Crippen LogP contribution < -0.4 is 5.32 Å². The predicted molar refractivity (Wildman–Crippen MR) is 70.3 cm³/mol. The van der Waals surface area contributed by atoms with Gasteiger partial charge in [-0.3, -0.25) is 0 Å². The van der Waals surface area contributed by atoms with Crippen LogP contribution in [0.1, 0.15) is 24.0 Å². The van der Waals surface area contributed by atoms with Gasteiger partial charge in [-0.1, -0.05) is 0 Å². The fraction of sp³-hybridized carbons (Fsp3) is 0.500. The number of rotatable bonds is 3. The molecule has 2 rings (SSSR count). The molecule has 1 N–H and O–H groups in total. The van der Waals surface area contributed by atoms with Crippen LogP contribution in [0.2, 0.25) is 0 Å². The second-order valence-corrected chi connectivity index (χ2v) is 5.03. The summed E-state index contributed by atoms with van der Waals surface area (Å²) in [5.41, 5.74) is -0.831. The molecule has 1 fully saturated rings. The van der Waals surface area contributed by atoms with Crippen LogP contribution in [0.25, 0.3) is 0 Å². The van der Waals surface area contributed by atoms with Gasteiger partial charge in [0.25, 0.3) is 0 Å². The number of likely N-dealkylation sites (tertiary alicyclic amines) is 1. The van der Waals surface area contributed by atoms with Crippen molar-refractivity contribution in [1.82, 2.24) is 4.90 Å². The van der Waals surface area contributed by atoms with Crippen LogP contribution in [0, 0.1) is 11.3 Å². The molecule has 108 valence electrons. The molecule has 1 aromatic rings. The Morgan fingerprint density at radius 1 is 1.45 bits per heavy atom. The molecular weight excluding hydrogens is 267 g/mol. The maximum absolute atomic E-state index is 12.8. The lowest BCUT2D eigenvalue weighted by molar-refractivity contribution is -0.137. The Labute approximate surface area is 116 Å². The number of nitrogens with one attached hydrogen (secondary N) is 1. The summed E-state index contributed by atoms with van der Waals surface area (Å²) in [7, 11) is 2.01. The van der Waals surface area contributed by atoms with E-state index < -0.39 is 11.7 Å². The van der Waals surface area contributed by atoms with Gasteiger partial charge in [-0.05, 0) is 44.6 Å². The van der Waals surface area contributed by atoms with Gasteiger partial charge in [0.2, 0.25) is 0 Å². The Hall–Kier alpha value is -1.74. The molecule has 0 aromatic heterocycles. The average Bonchev–Trinajstić information content (AvgIpc) is 2.80. The van der Waals surface area contributed by atoms with Gasteiger partial charge < -0.3 is 10.2 Å². The van der Waals surface area contributed by atoms with Crippen LogP contribution in [0.3, 0.4) is 0 Å². The largest absolute Gasteiger partial charge is 0.417 e. The molecule has 0 bridgehead atoms. The number of halogens is 3. The van der Waals surface area contributed by atoms with Crippen LogP contribution in [-0.4, -0.2) is 31.1 Å². The van der Waals surface area contributed by atoms with Crippen LogP contribution >= 0.6 is 0 Å². The average molecular weight is 283 g/mol. The number of hydrogen-bond acceptors (Lipinski definition) is 3. The normalized spacial score (nSPS) is 19.9. The highest BCUT2D eigenvalue weighted by atomic mass is 19.4. The van der Waals surface area contributed by atoms with Crippen molar-refractivity contribution in [1.29, 1.82) is 5.26 Å². The van der Waals surface area contributed by atoms with Gasteiger partial charge in [0.05, 0.1) is 17.2 Å². The lowest BCUT2D eigenvalue weighted by Gasteiger charge is -2.20. The zero-order valence-corrected chi connectivity index (χ0v) is 11.2. The van der Waals surface area contributed by atoms with Crippen molar-refractivity contribution in [3.63, 3.8) is 0 Å². The molecule has 20 heavy (non-hydrogen) atoms. The second-order valence-electron chi connectivity index (χ2n) is 5.03. The van der Waals surface area contributed by atoms with Crippen molar-refractivity contribution < 1.29 is 13.2 Å². The molecule has 1 atom stereocenters. The van der Waals surface area contributed by atoms with E-state index in [1.807, 2.05) is 7.05 Å². The van der Waals surface area contributed by atoms with Gasteiger partial charge in [-0.25, -0.2) is 0 Å². The highest BCUT2D eigenvalue weighted by Gasteiger charge is 2.33. The molecule has 3 nitrogen and oxygen atoms in total. The standard InChI is InChI=1S/C14H16F3N3/c1-20-6-2-3-12(20)9-19-11-5-4-10(8-18)13(7-11)14(15,16)17/h4-5,7,12,19H,2-3,6,9H2,1H3. The fourth-order valence-corrected chi connectivity index (χ4v) is 2.46. The summed E-state index contributed by atoms with van der Waals surface area (Å²) < 4.78 is 38.5. The third kappa shape index (κ3) is 3.23. The molecular formula is C14H16F3N3. The molecule has 1 aliphatic heterocycles. The van der Waals surface area contributed by atoms with E-state index in [1.54, 1.807) is 6.07 Å². The zero-order chi connectivity index (χ0) is 14.8. The van der Waals surface area contributed by atoms with Crippen LogP contribution in [0.4, 0.5) is 18.9 Å². The van der Waals surface area contributed by atoms with E-state index in [0.717, 1.165) is 25.5 Å². The monoisotopic (exact) mass is 283 g/mol. The van der Waals surface area contributed by atoms with Gasteiger partial charge in [0, 0.05) is 18.3 Å². The number of nitrogens with zero attached hydrogens (tertiary/aromatic N) is 2. The number of benzene rings is 1. The van der Waals surface area contributed by atoms with Gasteiger partial charge in [0.1, 0.15) is 0 Å². The van der Waals surface area contributed by atoms with Crippen LogP contribution in [-0.2, 0) is 6.18 Å². The molecule has 1 heterocycles. The smallest absolute Gasteiger partial charge is 0.383 e. The van der Waals surface area contributed by atoms with Gasteiger partial charge in [-0.2, -0.15) is 18.4 Å². The van der Waals surface area contributed by atoms with Gasteiger partial charge in [0.15, 0.2) is 0 Å². The lowest BCUT2D eigenvalue weighted by atomic mass is 10.1. The van der Waals surface area contributed by atoms with Crippen molar-refractivity contribution >= 4 is 5.69 Å². The van der Waals surface area contributed by atoms with E-state index in [-0.39, 0.29) is 5.56 Å². The van der Waals surface area contributed by atoms with E-state index in [2.05, 4.69) is 10.2 Å². The summed E-state index contributed by atoms with van der Waals surface area (Å²) in [6.07, 6.45) is -2.34. The maximum Gasteiger partial charge on any atom is 0.417 e. The minimum Gasteiger partial charge on any atom is -0.383 e. The first-order valence-electron chi connectivity index (χ1n) is 6.47. The van der Waals surface area contributed by atoms with Crippen molar-refractivity contribution in [2.45, 2.75) is 25.1 Å². The third-order valence-electron chi connectivity index (χ3n) is 3.66. The van der Waals surface area contributed by atoms with Crippen molar-refractivity contribution in [2.24, 2.45) is 0 Å². The molecule has 6 heteroatoms. The number of likely N-dealkylation sites (N-methyl/N-ethyl adjacent to an activating group) is 1. The number of anilines is 1.